The minimum Gasteiger partial charge on any atom is -0.507 e. The van der Waals surface area contributed by atoms with Crippen molar-refractivity contribution in [3.05, 3.63) is 48.0 Å². The van der Waals surface area contributed by atoms with Crippen molar-refractivity contribution in [1.29, 1.82) is 0 Å². The van der Waals surface area contributed by atoms with Gasteiger partial charge >= 0.3 is 94.1 Å². The van der Waals surface area contributed by atoms with E-state index in [1.165, 1.54) is 32.2 Å². The molecule has 0 atom stereocenters. The van der Waals surface area contributed by atoms with Crippen LogP contribution in [-0.4, -0.2) is 51.6 Å². The molecule has 2 aromatic carbocycles. The Morgan fingerprint density at radius 3 is 2.12 bits per heavy atom. The third kappa shape index (κ3) is 6.28. The molecule has 0 heterocycles. The molecule has 9 nitrogen and oxygen atoms in total. The summed E-state index contributed by atoms with van der Waals surface area (Å²) in [6.07, 6.45) is 0. The fraction of sp³-hybridized carbons (Fsp3) is 0.125. The summed E-state index contributed by atoms with van der Waals surface area (Å²) in [6.45, 7) is 1.29. The largest absolute Gasteiger partial charge is 0.507 e. The van der Waals surface area contributed by atoms with Gasteiger partial charge in [0.15, 0.2) is 0 Å². The molecule has 0 aliphatic rings. The molecule has 0 fully saturated rings. The molecule has 26 heavy (non-hydrogen) atoms. The molecule has 2 rings (SSSR count). The summed E-state index contributed by atoms with van der Waals surface area (Å²) in [6, 6.07) is 9.75. The number of para-hydroxylation sites is 1. The third-order valence-corrected chi connectivity index (χ3v) is 5.03. The summed E-state index contributed by atoms with van der Waals surface area (Å²) in [5.74, 6) is -1.43. The molecule has 0 aromatic heterocycles. The molecule has 0 radical (unpaired) electrons. The Hall–Kier alpha value is -2.74. The van der Waals surface area contributed by atoms with E-state index in [-0.39, 0.29) is 22.9 Å². The van der Waals surface area contributed by atoms with Crippen LogP contribution in [0.5, 0.6) is 11.5 Å². The van der Waals surface area contributed by atoms with Gasteiger partial charge in [-0.25, -0.2) is 4.79 Å². The van der Waals surface area contributed by atoms with E-state index in [4.69, 9.17) is 13.3 Å². The van der Waals surface area contributed by atoms with Gasteiger partial charge in [-0.15, -0.1) is 0 Å². The number of aromatic hydroxyl groups is 2. The number of esters is 1. The van der Waals surface area contributed by atoms with E-state index in [0.29, 0.717) is 0 Å². The van der Waals surface area contributed by atoms with Crippen molar-refractivity contribution in [3.8, 4) is 11.5 Å². The molecule has 140 valence electrons. The van der Waals surface area contributed by atoms with Gasteiger partial charge in [0.2, 0.25) is 0 Å². The zero-order valence-corrected chi connectivity index (χ0v) is 15.8. The van der Waals surface area contributed by atoms with E-state index >= 15 is 0 Å². The van der Waals surface area contributed by atoms with Crippen molar-refractivity contribution in [2.24, 2.45) is 0 Å². The molecule has 2 aromatic rings. The van der Waals surface area contributed by atoms with E-state index in [9.17, 15) is 18.4 Å². The quantitative estimate of drug-likeness (QED) is 0.341. The smallest absolute Gasteiger partial charge is 0.341 e. The van der Waals surface area contributed by atoms with Crippen LogP contribution in [0.3, 0.4) is 0 Å². The number of phenolic OH excluding ortho intramolecular Hbond substituents is 2. The van der Waals surface area contributed by atoms with Crippen molar-refractivity contribution in [2.45, 2.75) is 6.92 Å². The molecule has 10 heteroatoms. The summed E-state index contributed by atoms with van der Waals surface area (Å²) >= 11 is -5.09. The number of benzene rings is 2. The first-order valence-corrected chi connectivity index (χ1v) is 10.5. The zero-order chi connectivity index (χ0) is 19.9. The van der Waals surface area contributed by atoms with E-state index in [0.717, 1.165) is 12.1 Å². The van der Waals surface area contributed by atoms with Crippen molar-refractivity contribution in [1.82, 2.24) is 0 Å². The second-order valence-electron chi connectivity index (χ2n) is 4.94. The summed E-state index contributed by atoms with van der Waals surface area (Å²) in [5, 5.41) is 20.8. The van der Waals surface area contributed by atoms with E-state index in [1.807, 2.05) is 0 Å². The Balaban J connectivity index is 0.000000273. The number of amides is 1. The van der Waals surface area contributed by atoms with Gasteiger partial charge in [-0.2, -0.15) is 0 Å². The minimum absolute atomic E-state index is 0.0562. The Bertz CT molecular complexity index is 846. The second kappa shape index (κ2) is 9.09. The monoisotopic (exact) mass is 427 g/mol. The summed E-state index contributed by atoms with van der Waals surface area (Å²) in [7, 11) is 1.27. The normalized spacial score (nSPS) is 10.3. The molecule has 5 N–H and O–H groups in total. The molecule has 0 aliphatic heterocycles. The predicted molar refractivity (Wildman–Crippen MR) is 92.4 cm³/mol. The first-order chi connectivity index (χ1) is 12.1. The van der Waals surface area contributed by atoms with Gasteiger partial charge in [-0.05, 0) is 12.1 Å². The first-order valence-electron chi connectivity index (χ1n) is 7.09. The number of ether oxygens (including phenoxy) is 1. The van der Waals surface area contributed by atoms with Gasteiger partial charge in [-0.1, -0.05) is 12.1 Å². The van der Waals surface area contributed by atoms with Crippen molar-refractivity contribution >= 4 is 36.1 Å². The molecular weight excluding hydrogens is 409 g/mol. The van der Waals surface area contributed by atoms with Gasteiger partial charge < -0.3 is 9.84 Å². The van der Waals surface area contributed by atoms with E-state index in [2.05, 4.69) is 10.1 Å². The molecule has 0 saturated carbocycles. The Morgan fingerprint density at radius 2 is 1.65 bits per heavy atom. The second-order valence-corrected chi connectivity index (χ2v) is 8.23. The number of carbonyl (C=O) groups is 2. The predicted octanol–water partition coefficient (Wildman–Crippen LogP) is 0.0904. The van der Waals surface area contributed by atoms with Crippen LogP contribution in [-0.2, 0) is 13.3 Å². The maximum atomic E-state index is 10.9. The van der Waals surface area contributed by atoms with Crippen molar-refractivity contribution in [2.75, 3.05) is 12.4 Å². The fourth-order valence-corrected chi connectivity index (χ4v) is 3.13. The van der Waals surface area contributed by atoms with Crippen LogP contribution >= 0.6 is 0 Å². The summed E-state index contributed by atoms with van der Waals surface area (Å²) < 4.78 is 32.6. The number of carbonyl (C=O) groups excluding carboxylic acids is 2. The van der Waals surface area contributed by atoms with Crippen LogP contribution in [0.4, 0.5) is 5.69 Å². The SMILES string of the molecule is CC(=O)Nc1ccc([As](=O)(O)O)c(O)c1.COC(=O)c1ccccc1O. The van der Waals surface area contributed by atoms with Crippen LogP contribution < -0.4 is 9.67 Å². The van der Waals surface area contributed by atoms with Gasteiger partial charge in [0.05, 0.1) is 7.11 Å². The molecule has 0 saturated heterocycles. The fourth-order valence-electron chi connectivity index (χ4n) is 1.81. The molecular formula is C16H18AsNO8. The first kappa shape index (κ1) is 21.3. The average Bonchev–Trinajstić information content (AvgIpc) is 2.53. The molecule has 0 bridgehead atoms. The number of phenols is 2. The van der Waals surface area contributed by atoms with Crippen molar-refractivity contribution < 1.29 is 36.5 Å². The molecule has 0 unspecified atom stereocenters. The zero-order valence-electron chi connectivity index (χ0n) is 13.9. The van der Waals surface area contributed by atoms with Crippen molar-refractivity contribution in [3.63, 3.8) is 0 Å². The Morgan fingerprint density at radius 1 is 1.04 bits per heavy atom. The maximum Gasteiger partial charge on any atom is 0.341 e. The van der Waals surface area contributed by atoms with Gasteiger partial charge in [0.1, 0.15) is 11.3 Å². The number of rotatable bonds is 3. The average molecular weight is 427 g/mol. The topological polar surface area (TPSA) is 153 Å². The number of nitrogens with one attached hydrogen (secondary N) is 1. The number of methoxy groups -OCH3 is 1. The van der Waals surface area contributed by atoms with Gasteiger partial charge in [-0.3, -0.25) is 0 Å². The number of hydrogen-bond donors (Lipinski definition) is 5. The standard InChI is InChI=1S/C8H10AsNO5.C8H8O3/c1-5(11)10-6-2-3-7(8(12)4-6)9(13,14)15;1-11-8(10)6-4-2-3-5-7(6)9/h2-4,12H,1H3,(H,10,11)(H2,13,14,15);2-5,9H,1H3. The molecule has 1 amide bonds. The number of anilines is 1. The van der Waals surface area contributed by atoms with Crippen LogP contribution in [0.25, 0.3) is 0 Å². The minimum atomic E-state index is -5.09. The van der Waals surface area contributed by atoms with Crippen LogP contribution in [0, 0.1) is 0 Å². The summed E-state index contributed by atoms with van der Waals surface area (Å²) in [4.78, 5) is 21.5. The van der Waals surface area contributed by atoms with Crippen LogP contribution in [0.1, 0.15) is 17.3 Å². The third-order valence-electron chi connectivity index (χ3n) is 2.92. The molecule has 0 aliphatic carbocycles. The number of hydrogen-bond acceptors (Lipinski definition) is 6. The van der Waals surface area contributed by atoms with Crippen LogP contribution in [0.15, 0.2) is 42.5 Å². The van der Waals surface area contributed by atoms with Crippen LogP contribution in [0.2, 0.25) is 0 Å². The summed E-state index contributed by atoms with van der Waals surface area (Å²) in [5.41, 5.74) is 0.475. The van der Waals surface area contributed by atoms with Gasteiger partial charge in [0, 0.05) is 0 Å². The maximum absolute atomic E-state index is 10.9. The Labute approximate surface area is 151 Å². The van der Waals surface area contributed by atoms with E-state index in [1.54, 1.807) is 12.1 Å². The Kier molecular flexibility index (Phi) is 7.45. The van der Waals surface area contributed by atoms with Gasteiger partial charge in [0.25, 0.3) is 0 Å². The molecule has 0 spiro atoms. The van der Waals surface area contributed by atoms with E-state index < -0.39 is 30.2 Å².